The van der Waals surface area contributed by atoms with Crippen molar-refractivity contribution in [2.24, 2.45) is 5.92 Å². The molecule has 17 heteroatoms. The molecule has 2 fully saturated rings. The van der Waals surface area contributed by atoms with E-state index >= 15 is 0 Å². The Morgan fingerprint density at radius 2 is 1.64 bits per heavy atom. The molecule has 1 atom stereocenters. The van der Waals surface area contributed by atoms with E-state index in [1.807, 2.05) is 0 Å². The van der Waals surface area contributed by atoms with Crippen LogP contribution in [0, 0.1) is 5.92 Å². The molecule has 0 aliphatic carbocycles. The highest BCUT2D eigenvalue weighted by atomic mass is 32.2. The molecule has 2 saturated heterocycles. The first-order chi connectivity index (χ1) is 16.4. The number of likely N-dealkylation sites (N-methyl/N-ethyl adjacent to an activating group) is 1. The number of rotatable bonds is 4. The molecule has 0 bridgehead atoms. The van der Waals surface area contributed by atoms with Crippen LogP contribution in [0.5, 0.6) is 0 Å². The lowest BCUT2D eigenvalue weighted by Crippen LogP contribution is -2.72. The summed E-state index contributed by atoms with van der Waals surface area (Å²) < 4.78 is 95.5. The van der Waals surface area contributed by atoms with Gasteiger partial charge >= 0.3 is 24.3 Å². The summed E-state index contributed by atoms with van der Waals surface area (Å²) in [7, 11) is 0.404. The summed E-state index contributed by atoms with van der Waals surface area (Å²) in [6, 6.07) is 3.26. The fraction of sp³-hybridized carbons (Fsp3) is 0.632. The van der Waals surface area contributed by atoms with Crippen LogP contribution in [0.1, 0.15) is 12.8 Å². The number of ether oxygens (including phenoxy) is 1. The Morgan fingerprint density at radius 3 is 2.03 bits per heavy atom. The third-order valence-electron chi connectivity index (χ3n) is 5.45. The van der Waals surface area contributed by atoms with Crippen LogP contribution in [0.3, 0.4) is 0 Å². The average molecular weight is 553 g/mol. The Balaban J connectivity index is 0.000000383. The van der Waals surface area contributed by atoms with Crippen molar-refractivity contribution in [2.75, 3.05) is 40.4 Å². The Labute approximate surface area is 202 Å². The number of carboxylic acids is 2. The molecule has 1 aromatic rings. The molecule has 0 saturated carbocycles. The second kappa shape index (κ2) is 12.2. The van der Waals surface area contributed by atoms with Crippen molar-refractivity contribution in [2.45, 2.75) is 35.6 Å². The van der Waals surface area contributed by atoms with Gasteiger partial charge < -0.3 is 14.9 Å². The summed E-state index contributed by atoms with van der Waals surface area (Å²) in [4.78, 5) is 24.3. The molecular weight excluding hydrogens is 528 g/mol. The average Bonchev–Trinajstić information content (AvgIpc) is 2.74. The minimum atomic E-state index is -5.08. The molecule has 2 aliphatic heterocycles. The summed E-state index contributed by atoms with van der Waals surface area (Å²) in [5.41, 5.74) is -0.0310. The molecule has 1 aromatic heterocycles. The van der Waals surface area contributed by atoms with Gasteiger partial charge in [-0.1, -0.05) is 0 Å². The summed E-state index contributed by atoms with van der Waals surface area (Å²) in [6.07, 6.45) is -5.06. The van der Waals surface area contributed by atoms with Gasteiger partial charge in [0, 0.05) is 44.7 Å². The molecule has 2 N–H and O–H groups in total. The molecule has 3 heterocycles. The zero-order valence-corrected chi connectivity index (χ0v) is 19.9. The van der Waals surface area contributed by atoms with Gasteiger partial charge in [-0.3, -0.25) is 9.88 Å². The number of alkyl halides is 6. The van der Waals surface area contributed by atoms with Crippen molar-refractivity contribution in [1.82, 2.24) is 14.2 Å². The zero-order valence-electron chi connectivity index (χ0n) is 19.1. The second-order valence-electron chi connectivity index (χ2n) is 8.03. The summed E-state index contributed by atoms with van der Waals surface area (Å²) in [5.74, 6) is -5.00. The van der Waals surface area contributed by atoms with E-state index in [2.05, 4.69) is 16.9 Å². The molecule has 0 radical (unpaired) electrons. The van der Waals surface area contributed by atoms with Gasteiger partial charge in [0.2, 0.25) is 10.0 Å². The van der Waals surface area contributed by atoms with Gasteiger partial charge in [-0.2, -0.15) is 30.6 Å². The van der Waals surface area contributed by atoms with E-state index in [1.165, 1.54) is 6.20 Å². The number of aliphatic carboxylic acids is 2. The molecule has 10 nitrogen and oxygen atoms in total. The number of sulfonamides is 1. The van der Waals surface area contributed by atoms with Gasteiger partial charge in [0.25, 0.3) is 0 Å². The molecular formula is C19H25F6N3O7S. The zero-order chi connectivity index (χ0) is 27.9. The number of pyridine rings is 1. The van der Waals surface area contributed by atoms with Crippen molar-refractivity contribution in [1.29, 1.82) is 0 Å². The quantitative estimate of drug-likeness (QED) is 0.537. The van der Waals surface area contributed by atoms with Crippen LogP contribution < -0.4 is 0 Å². The highest BCUT2D eigenvalue weighted by Crippen LogP contribution is 2.40. The van der Waals surface area contributed by atoms with E-state index in [0.29, 0.717) is 19.0 Å². The van der Waals surface area contributed by atoms with E-state index in [1.54, 1.807) is 29.7 Å². The Kier molecular flexibility index (Phi) is 10.6. The highest BCUT2D eigenvalue weighted by Gasteiger charge is 2.53. The molecule has 36 heavy (non-hydrogen) atoms. The van der Waals surface area contributed by atoms with Crippen molar-refractivity contribution in [3.63, 3.8) is 0 Å². The molecule has 1 spiro atoms. The van der Waals surface area contributed by atoms with Crippen LogP contribution in [-0.4, -0.2) is 103 Å². The number of carbonyl (C=O) groups is 2. The normalized spacial score (nSPS) is 20.3. The summed E-state index contributed by atoms with van der Waals surface area (Å²) in [5, 5.41) is 14.2. The molecule has 0 amide bonds. The first-order valence-corrected chi connectivity index (χ1v) is 11.5. The van der Waals surface area contributed by atoms with Gasteiger partial charge in [0.1, 0.15) is 4.90 Å². The van der Waals surface area contributed by atoms with E-state index in [9.17, 15) is 34.8 Å². The van der Waals surface area contributed by atoms with Crippen molar-refractivity contribution < 1.29 is 59.3 Å². The Bertz CT molecular complexity index is 959. The first kappa shape index (κ1) is 31.5. The topological polar surface area (TPSA) is 137 Å². The van der Waals surface area contributed by atoms with E-state index < -0.39 is 34.3 Å². The maximum atomic E-state index is 12.6. The third kappa shape index (κ3) is 8.56. The lowest BCUT2D eigenvalue weighted by molar-refractivity contribution is -0.193. The predicted octanol–water partition coefficient (Wildman–Crippen LogP) is 2.08. The maximum absolute atomic E-state index is 12.6. The van der Waals surface area contributed by atoms with Gasteiger partial charge in [0.05, 0.1) is 0 Å². The van der Waals surface area contributed by atoms with Crippen LogP contribution in [0.4, 0.5) is 26.3 Å². The SMILES string of the molecule is COCC1CCN(C)C2(C1)CN(S(=O)(=O)c1cccnc1)C2.O=C(O)C(F)(F)F.O=C(O)C(F)(F)F. The van der Waals surface area contributed by atoms with Crippen molar-refractivity contribution in [3.05, 3.63) is 24.5 Å². The van der Waals surface area contributed by atoms with Gasteiger partial charge in [0.15, 0.2) is 0 Å². The second-order valence-corrected chi connectivity index (χ2v) is 9.97. The third-order valence-corrected chi connectivity index (χ3v) is 7.23. The molecule has 2 aliphatic rings. The Morgan fingerprint density at radius 1 is 1.14 bits per heavy atom. The fourth-order valence-electron chi connectivity index (χ4n) is 3.59. The van der Waals surface area contributed by atoms with Gasteiger partial charge in [-0.05, 0) is 44.5 Å². The van der Waals surface area contributed by atoms with Crippen molar-refractivity contribution in [3.8, 4) is 0 Å². The molecule has 0 aromatic carbocycles. The lowest BCUT2D eigenvalue weighted by Gasteiger charge is -2.57. The number of nitrogens with zero attached hydrogens (tertiary/aromatic N) is 3. The predicted molar refractivity (Wildman–Crippen MR) is 110 cm³/mol. The maximum Gasteiger partial charge on any atom is 0.490 e. The Hall–Kier alpha value is -2.50. The largest absolute Gasteiger partial charge is 0.490 e. The summed E-state index contributed by atoms with van der Waals surface area (Å²) >= 11 is 0. The van der Waals surface area contributed by atoms with E-state index in [4.69, 9.17) is 24.5 Å². The van der Waals surface area contributed by atoms with Crippen LogP contribution in [0.2, 0.25) is 0 Å². The monoisotopic (exact) mass is 553 g/mol. The minimum Gasteiger partial charge on any atom is -0.475 e. The van der Waals surface area contributed by atoms with E-state index in [0.717, 1.165) is 26.0 Å². The molecule has 1 unspecified atom stereocenters. The standard InChI is InChI=1S/C15H23N3O3S.2C2HF3O2/c1-17-7-5-13(10-21-2)8-15(17)11-18(12-15)22(19,20)14-4-3-6-16-9-14;2*3-2(4,5)1(6)7/h3-4,6,9,13H,5,7-8,10-12H2,1-2H3;2*(H,6,7). The highest BCUT2D eigenvalue weighted by molar-refractivity contribution is 7.89. The smallest absolute Gasteiger partial charge is 0.475 e. The number of hydrogen-bond donors (Lipinski definition) is 2. The number of methoxy groups -OCH3 is 1. The number of likely N-dealkylation sites (tertiary alicyclic amines) is 1. The summed E-state index contributed by atoms with van der Waals surface area (Å²) in [6.45, 7) is 2.86. The number of halogens is 6. The van der Waals surface area contributed by atoms with Crippen LogP contribution in [-0.2, 0) is 24.3 Å². The molecule has 206 valence electrons. The fourth-order valence-corrected chi connectivity index (χ4v) is 5.15. The van der Waals surface area contributed by atoms with Gasteiger partial charge in [-0.15, -0.1) is 0 Å². The van der Waals surface area contributed by atoms with Crippen LogP contribution in [0.25, 0.3) is 0 Å². The number of piperidine rings is 1. The van der Waals surface area contributed by atoms with Crippen LogP contribution in [0.15, 0.2) is 29.4 Å². The van der Waals surface area contributed by atoms with Crippen molar-refractivity contribution >= 4 is 22.0 Å². The molecule has 3 rings (SSSR count). The minimum absolute atomic E-state index is 0.0310. The number of hydrogen-bond acceptors (Lipinski definition) is 7. The number of aromatic nitrogens is 1. The van der Waals surface area contributed by atoms with Gasteiger partial charge in [-0.25, -0.2) is 18.0 Å². The van der Waals surface area contributed by atoms with E-state index in [-0.39, 0.29) is 10.4 Å². The lowest BCUT2D eigenvalue weighted by atomic mass is 9.77. The van der Waals surface area contributed by atoms with Crippen LogP contribution >= 0.6 is 0 Å². The first-order valence-electron chi connectivity index (χ1n) is 10.1. The number of carboxylic acid groups (broad SMARTS) is 2.